The fourth-order valence-electron chi connectivity index (χ4n) is 1.88. The van der Waals surface area contributed by atoms with Crippen LogP contribution in [0.2, 0.25) is 0 Å². The molecule has 0 bridgehead atoms. The number of carboxylic acid groups (broad SMARTS) is 1. The molecule has 1 aromatic carbocycles. The van der Waals surface area contributed by atoms with Crippen LogP contribution in [-0.2, 0) is 4.74 Å². The molecular weight excluding hydrogens is 270 g/mol. The molecule has 1 fully saturated rings. The van der Waals surface area contributed by atoms with Crippen molar-refractivity contribution in [2.45, 2.75) is 12.8 Å². The first-order valence-electron chi connectivity index (χ1n) is 7.37. The SMILES string of the molecule is CN(CCOCC1CC1)CCOc1ccc(C(=O)O)cc1. The van der Waals surface area contributed by atoms with Gasteiger partial charge in [0.15, 0.2) is 0 Å². The van der Waals surface area contributed by atoms with E-state index in [2.05, 4.69) is 4.90 Å². The van der Waals surface area contributed by atoms with Crippen molar-refractivity contribution < 1.29 is 19.4 Å². The monoisotopic (exact) mass is 293 g/mol. The first-order chi connectivity index (χ1) is 10.1. The molecule has 1 saturated carbocycles. The number of hydrogen-bond donors (Lipinski definition) is 1. The molecule has 0 radical (unpaired) electrons. The van der Waals surface area contributed by atoms with E-state index in [1.165, 1.54) is 12.8 Å². The molecule has 1 aliphatic carbocycles. The number of carbonyl (C=O) groups is 1. The van der Waals surface area contributed by atoms with Gasteiger partial charge < -0.3 is 19.5 Å². The number of hydrogen-bond acceptors (Lipinski definition) is 4. The summed E-state index contributed by atoms with van der Waals surface area (Å²) in [6.45, 7) is 3.95. The molecule has 0 unspecified atom stereocenters. The highest BCUT2D eigenvalue weighted by atomic mass is 16.5. The van der Waals surface area contributed by atoms with E-state index in [1.54, 1.807) is 24.3 Å². The van der Waals surface area contributed by atoms with Crippen molar-refractivity contribution in [2.24, 2.45) is 5.92 Å². The van der Waals surface area contributed by atoms with Crippen molar-refractivity contribution in [3.05, 3.63) is 29.8 Å². The molecule has 0 aliphatic heterocycles. The van der Waals surface area contributed by atoms with Gasteiger partial charge in [0.2, 0.25) is 0 Å². The van der Waals surface area contributed by atoms with E-state index in [0.717, 1.165) is 32.2 Å². The third-order valence-corrected chi connectivity index (χ3v) is 3.51. The van der Waals surface area contributed by atoms with E-state index in [1.807, 2.05) is 7.05 Å². The summed E-state index contributed by atoms with van der Waals surface area (Å²) >= 11 is 0. The van der Waals surface area contributed by atoms with E-state index in [4.69, 9.17) is 14.6 Å². The zero-order chi connectivity index (χ0) is 15.1. The Kier molecular flexibility index (Phi) is 6.02. The van der Waals surface area contributed by atoms with Gasteiger partial charge in [-0.05, 0) is 50.1 Å². The Morgan fingerprint density at radius 2 is 1.90 bits per heavy atom. The highest BCUT2D eigenvalue weighted by molar-refractivity contribution is 5.87. The fourth-order valence-corrected chi connectivity index (χ4v) is 1.88. The predicted molar refractivity (Wildman–Crippen MR) is 79.9 cm³/mol. The average molecular weight is 293 g/mol. The molecule has 5 heteroatoms. The Morgan fingerprint density at radius 1 is 1.24 bits per heavy atom. The van der Waals surface area contributed by atoms with E-state index in [-0.39, 0.29) is 5.56 Å². The van der Waals surface area contributed by atoms with Crippen molar-refractivity contribution in [1.82, 2.24) is 4.90 Å². The van der Waals surface area contributed by atoms with Crippen LogP contribution in [0.1, 0.15) is 23.2 Å². The van der Waals surface area contributed by atoms with Gasteiger partial charge in [-0.1, -0.05) is 0 Å². The molecule has 0 atom stereocenters. The van der Waals surface area contributed by atoms with E-state index >= 15 is 0 Å². The molecular formula is C16H23NO4. The zero-order valence-corrected chi connectivity index (χ0v) is 12.5. The maximum absolute atomic E-state index is 10.7. The van der Waals surface area contributed by atoms with Gasteiger partial charge in [0, 0.05) is 19.7 Å². The second-order valence-electron chi connectivity index (χ2n) is 5.50. The molecule has 5 nitrogen and oxygen atoms in total. The largest absolute Gasteiger partial charge is 0.492 e. The molecule has 0 saturated heterocycles. The lowest BCUT2D eigenvalue weighted by Gasteiger charge is -2.17. The molecule has 1 aromatic rings. The molecule has 0 aromatic heterocycles. The van der Waals surface area contributed by atoms with Gasteiger partial charge in [-0.3, -0.25) is 0 Å². The highest BCUT2D eigenvalue weighted by Crippen LogP contribution is 2.28. The van der Waals surface area contributed by atoms with Gasteiger partial charge >= 0.3 is 5.97 Å². The average Bonchev–Trinajstić information content (AvgIpc) is 3.28. The fraction of sp³-hybridized carbons (Fsp3) is 0.562. The van der Waals surface area contributed by atoms with Crippen molar-refractivity contribution in [1.29, 1.82) is 0 Å². The second kappa shape index (κ2) is 8.00. The molecule has 0 heterocycles. The Labute approximate surface area is 125 Å². The van der Waals surface area contributed by atoms with Crippen LogP contribution in [-0.4, -0.2) is 55.9 Å². The van der Waals surface area contributed by atoms with Crippen molar-refractivity contribution in [3.8, 4) is 5.75 Å². The van der Waals surface area contributed by atoms with Crippen molar-refractivity contribution >= 4 is 5.97 Å². The molecule has 116 valence electrons. The summed E-state index contributed by atoms with van der Waals surface area (Å²) < 4.78 is 11.2. The minimum absolute atomic E-state index is 0.271. The number of ether oxygens (including phenoxy) is 2. The molecule has 0 amide bonds. The van der Waals surface area contributed by atoms with Gasteiger partial charge in [0.1, 0.15) is 12.4 Å². The summed E-state index contributed by atoms with van der Waals surface area (Å²) in [6, 6.07) is 6.46. The normalized spacial score (nSPS) is 14.4. The van der Waals surface area contributed by atoms with Gasteiger partial charge in [0.05, 0.1) is 12.2 Å². The third-order valence-electron chi connectivity index (χ3n) is 3.51. The summed E-state index contributed by atoms with van der Waals surface area (Å²) in [6.07, 6.45) is 2.65. The second-order valence-corrected chi connectivity index (χ2v) is 5.50. The summed E-state index contributed by atoms with van der Waals surface area (Å²) in [4.78, 5) is 12.9. The van der Waals surface area contributed by atoms with Gasteiger partial charge in [-0.15, -0.1) is 0 Å². The van der Waals surface area contributed by atoms with Crippen molar-refractivity contribution in [2.75, 3.05) is 40.0 Å². The Bertz CT molecular complexity index is 442. The first kappa shape index (κ1) is 15.8. The molecule has 2 rings (SSSR count). The Hall–Kier alpha value is -1.59. The number of rotatable bonds is 10. The highest BCUT2D eigenvalue weighted by Gasteiger charge is 2.20. The van der Waals surface area contributed by atoms with Crippen LogP contribution in [0.25, 0.3) is 0 Å². The number of carboxylic acids is 1. The lowest BCUT2D eigenvalue weighted by molar-refractivity contribution is 0.0697. The van der Waals surface area contributed by atoms with E-state index in [9.17, 15) is 4.79 Å². The zero-order valence-electron chi connectivity index (χ0n) is 12.5. The number of nitrogens with zero attached hydrogens (tertiary/aromatic N) is 1. The van der Waals surface area contributed by atoms with Crippen LogP contribution in [0.3, 0.4) is 0 Å². The number of likely N-dealkylation sites (N-methyl/N-ethyl adjacent to an activating group) is 1. The number of benzene rings is 1. The Morgan fingerprint density at radius 3 is 2.52 bits per heavy atom. The smallest absolute Gasteiger partial charge is 0.335 e. The summed E-state index contributed by atoms with van der Waals surface area (Å²) in [5, 5.41) is 8.81. The molecule has 0 spiro atoms. The Balaban J connectivity index is 1.55. The van der Waals surface area contributed by atoms with Crippen LogP contribution in [0, 0.1) is 5.92 Å². The summed E-state index contributed by atoms with van der Waals surface area (Å²) in [5.41, 5.74) is 0.271. The molecule has 1 aliphatic rings. The van der Waals surface area contributed by atoms with Crippen LogP contribution in [0.4, 0.5) is 0 Å². The maximum atomic E-state index is 10.7. The van der Waals surface area contributed by atoms with Crippen LogP contribution >= 0.6 is 0 Å². The maximum Gasteiger partial charge on any atom is 0.335 e. The van der Waals surface area contributed by atoms with Gasteiger partial charge in [-0.2, -0.15) is 0 Å². The first-order valence-corrected chi connectivity index (χ1v) is 7.37. The molecule has 1 N–H and O–H groups in total. The van der Waals surface area contributed by atoms with E-state index < -0.39 is 5.97 Å². The standard InChI is InChI=1S/C16H23NO4/c1-17(8-10-20-12-13-2-3-13)9-11-21-15-6-4-14(5-7-15)16(18)19/h4-7,13H,2-3,8-12H2,1H3,(H,18,19). The number of aromatic carboxylic acids is 1. The van der Waals surface area contributed by atoms with Crippen LogP contribution in [0.5, 0.6) is 5.75 Å². The lowest BCUT2D eigenvalue weighted by atomic mass is 10.2. The quantitative estimate of drug-likeness (QED) is 0.670. The minimum atomic E-state index is -0.924. The van der Waals surface area contributed by atoms with Gasteiger partial charge in [-0.25, -0.2) is 4.79 Å². The predicted octanol–water partition coefficient (Wildman–Crippen LogP) is 2.12. The lowest BCUT2D eigenvalue weighted by Crippen LogP contribution is -2.28. The van der Waals surface area contributed by atoms with Crippen molar-refractivity contribution in [3.63, 3.8) is 0 Å². The van der Waals surface area contributed by atoms with Gasteiger partial charge in [0.25, 0.3) is 0 Å². The minimum Gasteiger partial charge on any atom is -0.492 e. The van der Waals surface area contributed by atoms with Crippen LogP contribution < -0.4 is 4.74 Å². The third kappa shape index (κ3) is 6.14. The van der Waals surface area contributed by atoms with E-state index in [0.29, 0.717) is 12.4 Å². The summed E-state index contributed by atoms with van der Waals surface area (Å²) in [5.74, 6) is 0.582. The van der Waals surface area contributed by atoms with Crippen LogP contribution in [0.15, 0.2) is 24.3 Å². The summed E-state index contributed by atoms with van der Waals surface area (Å²) in [7, 11) is 2.04. The topological polar surface area (TPSA) is 59.0 Å². The molecule has 21 heavy (non-hydrogen) atoms.